The Morgan fingerprint density at radius 1 is 0.960 bits per heavy atom. The highest BCUT2D eigenvalue weighted by atomic mass is 35.5. The summed E-state index contributed by atoms with van der Waals surface area (Å²) in [5.41, 5.74) is 4.93. The molecule has 2 rings (SSSR count). The molecule has 25 heavy (non-hydrogen) atoms. The van der Waals surface area contributed by atoms with Gasteiger partial charge in [-0.15, -0.1) is 0 Å². The van der Waals surface area contributed by atoms with E-state index in [1.54, 1.807) is 42.5 Å². The van der Waals surface area contributed by atoms with Crippen molar-refractivity contribution in [2.24, 2.45) is 0 Å². The van der Waals surface area contributed by atoms with Crippen LogP contribution in [-0.4, -0.2) is 18.4 Å². The van der Waals surface area contributed by atoms with Gasteiger partial charge >= 0.3 is 0 Å². The zero-order chi connectivity index (χ0) is 18.2. The fourth-order valence-corrected chi connectivity index (χ4v) is 2.59. The second-order valence-electron chi connectivity index (χ2n) is 5.01. The molecule has 0 fully saturated rings. The second kappa shape index (κ2) is 9.51. The topological polar surface area (TPSA) is 67.4 Å². The lowest BCUT2D eigenvalue weighted by atomic mass is 10.2. The van der Waals surface area contributed by atoms with Gasteiger partial charge in [0.15, 0.2) is 0 Å². The van der Waals surface area contributed by atoms with Crippen LogP contribution >= 0.6 is 34.8 Å². The average Bonchev–Trinajstić information content (AvgIpc) is 2.58. The number of ether oxygens (including phenoxy) is 1. The maximum absolute atomic E-state index is 11.9. The van der Waals surface area contributed by atoms with Gasteiger partial charge in [0.2, 0.25) is 5.91 Å². The molecular formula is C17H15Cl3N2O3. The van der Waals surface area contributed by atoms with Crippen LogP contribution in [0.2, 0.25) is 15.1 Å². The Bertz CT molecular complexity index is 769. The van der Waals surface area contributed by atoms with Crippen LogP contribution in [0.15, 0.2) is 42.5 Å². The van der Waals surface area contributed by atoms with E-state index < -0.39 is 5.91 Å². The third-order valence-electron chi connectivity index (χ3n) is 3.13. The third kappa shape index (κ3) is 6.12. The van der Waals surface area contributed by atoms with Crippen LogP contribution in [0.3, 0.4) is 0 Å². The van der Waals surface area contributed by atoms with Gasteiger partial charge in [0, 0.05) is 11.4 Å². The van der Waals surface area contributed by atoms with Crippen LogP contribution in [0.1, 0.15) is 23.2 Å². The molecular weight excluding hydrogens is 387 g/mol. The molecule has 0 aromatic heterocycles. The first kappa shape index (κ1) is 19.4. The van der Waals surface area contributed by atoms with Gasteiger partial charge in [-0.1, -0.05) is 46.9 Å². The maximum atomic E-state index is 11.9. The number of hydrazine groups is 1. The van der Waals surface area contributed by atoms with E-state index in [1.807, 2.05) is 0 Å². The molecule has 8 heteroatoms. The summed E-state index contributed by atoms with van der Waals surface area (Å²) in [7, 11) is 0. The van der Waals surface area contributed by atoms with Crippen LogP contribution in [-0.2, 0) is 4.79 Å². The van der Waals surface area contributed by atoms with E-state index in [2.05, 4.69) is 10.9 Å². The van der Waals surface area contributed by atoms with Crippen molar-refractivity contribution in [3.05, 3.63) is 63.1 Å². The molecule has 0 aliphatic heterocycles. The van der Waals surface area contributed by atoms with Gasteiger partial charge in [0.25, 0.3) is 5.91 Å². The van der Waals surface area contributed by atoms with Crippen molar-refractivity contribution in [3.8, 4) is 5.75 Å². The molecule has 0 aliphatic rings. The number of halogens is 3. The third-order valence-corrected chi connectivity index (χ3v) is 3.99. The van der Waals surface area contributed by atoms with E-state index in [9.17, 15) is 9.59 Å². The monoisotopic (exact) mass is 400 g/mol. The van der Waals surface area contributed by atoms with Gasteiger partial charge in [-0.05, 0) is 36.8 Å². The van der Waals surface area contributed by atoms with E-state index in [0.29, 0.717) is 33.8 Å². The molecule has 0 atom stereocenters. The highest BCUT2D eigenvalue weighted by molar-refractivity contribution is 6.35. The summed E-state index contributed by atoms with van der Waals surface area (Å²) in [4.78, 5) is 23.6. The van der Waals surface area contributed by atoms with Crippen LogP contribution in [0.25, 0.3) is 0 Å². The Kier molecular flexibility index (Phi) is 7.37. The van der Waals surface area contributed by atoms with E-state index in [4.69, 9.17) is 39.5 Å². The Hall–Kier alpha value is -1.95. The van der Waals surface area contributed by atoms with Crippen LogP contribution < -0.4 is 15.6 Å². The normalized spacial score (nSPS) is 10.2. The van der Waals surface area contributed by atoms with Crippen LogP contribution in [0.5, 0.6) is 5.75 Å². The lowest BCUT2D eigenvalue weighted by Crippen LogP contribution is -2.41. The molecule has 0 aliphatic carbocycles. The van der Waals surface area contributed by atoms with E-state index in [-0.39, 0.29) is 17.9 Å². The molecule has 0 bridgehead atoms. The Labute approximate surface area is 160 Å². The standard InChI is InChI=1S/C17H15Cl3N2O3/c18-11-7-8-15(14(20)10-11)25-9-3-6-16(23)21-22-17(24)12-4-1-2-5-13(12)19/h1-2,4-5,7-8,10H,3,6,9H2,(H,21,23)(H,22,24). The minimum Gasteiger partial charge on any atom is -0.492 e. The predicted molar refractivity (Wildman–Crippen MR) is 98.3 cm³/mol. The summed E-state index contributed by atoms with van der Waals surface area (Å²) in [6.07, 6.45) is 0.626. The molecule has 2 aromatic rings. The number of rotatable bonds is 6. The van der Waals surface area contributed by atoms with Gasteiger partial charge in [-0.25, -0.2) is 0 Å². The molecule has 0 heterocycles. The molecule has 0 spiro atoms. The first-order chi connectivity index (χ1) is 12.0. The molecule has 0 radical (unpaired) electrons. The number of hydrogen-bond donors (Lipinski definition) is 2. The lowest BCUT2D eigenvalue weighted by Gasteiger charge is -2.10. The predicted octanol–water partition coefficient (Wildman–Crippen LogP) is 4.27. The van der Waals surface area contributed by atoms with Gasteiger partial charge in [0.1, 0.15) is 5.75 Å². The van der Waals surface area contributed by atoms with Gasteiger partial charge in [-0.3, -0.25) is 20.4 Å². The summed E-state index contributed by atoms with van der Waals surface area (Å²) >= 11 is 17.7. The Morgan fingerprint density at radius 3 is 2.44 bits per heavy atom. The van der Waals surface area contributed by atoms with E-state index in [1.165, 1.54) is 0 Å². The van der Waals surface area contributed by atoms with E-state index >= 15 is 0 Å². The first-order valence-corrected chi connectivity index (χ1v) is 8.52. The van der Waals surface area contributed by atoms with Crippen LogP contribution in [0.4, 0.5) is 0 Å². The zero-order valence-electron chi connectivity index (χ0n) is 13.0. The quantitative estimate of drug-likeness (QED) is 0.561. The van der Waals surface area contributed by atoms with Gasteiger partial charge < -0.3 is 4.74 Å². The molecule has 0 unspecified atom stereocenters. The number of benzene rings is 2. The minimum absolute atomic E-state index is 0.175. The fraction of sp³-hybridized carbons (Fsp3) is 0.176. The van der Waals surface area contributed by atoms with Crippen LogP contribution in [0, 0.1) is 0 Å². The summed E-state index contributed by atoms with van der Waals surface area (Å²) in [5, 5.41) is 1.23. The first-order valence-electron chi connectivity index (χ1n) is 7.39. The summed E-state index contributed by atoms with van der Waals surface area (Å²) in [6.45, 7) is 0.299. The van der Waals surface area contributed by atoms with Crippen molar-refractivity contribution >= 4 is 46.6 Å². The molecule has 0 saturated heterocycles. The van der Waals surface area contributed by atoms with Gasteiger partial charge in [-0.2, -0.15) is 0 Å². The molecule has 5 nitrogen and oxygen atoms in total. The number of amides is 2. The molecule has 2 amide bonds. The molecule has 2 N–H and O–H groups in total. The molecule has 2 aromatic carbocycles. The zero-order valence-corrected chi connectivity index (χ0v) is 15.3. The summed E-state index contributed by atoms with van der Waals surface area (Å²) in [5.74, 6) is -0.326. The number of hydrogen-bond acceptors (Lipinski definition) is 3. The number of nitrogens with one attached hydrogen (secondary N) is 2. The summed E-state index contributed by atoms with van der Waals surface area (Å²) < 4.78 is 5.48. The molecule has 132 valence electrons. The largest absolute Gasteiger partial charge is 0.492 e. The smallest absolute Gasteiger partial charge is 0.271 e. The molecule has 0 saturated carbocycles. The fourth-order valence-electron chi connectivity index (χ4n) is 1.91. The van der Waals surface area contributed by atoms with Crippen molar-refractivity contribution in [2.75, 3.05) is 6.61 Å². The van der Waals surface area contributed by atoms with Crippen molar-refractivity contribution in [1.29, 1.82) is 0 Å². The van der Waals surface area contributed by atoms with Crippen molar-refractivity contribution in [1.82, 2.24) is 10.9 Å². The minimum atomic E-state index is -0.483. The van der Waals surface area contributed by atoms with Crippen molar-refractivity contribution in [2.45, 2.75) is 12.8 Å². The highest BCUT2D eigenvalue weighted by Gasteiger charge is 2.10. The van der Waals surface area contributed by atoms with Crippen molar-refractivity contribution < 1.29 is 14.3 Å². The summed E-state index contributed by atoms with van der Waals surface area (Å²) in [6, 6.07) is 11.5. The highest BCUT2D eigenvalue weighted by Crippen LogP contribution is 2.27. The Morgan fingerprint density at radius 2 is 1.72 bits per heavy atom. The second-order valence-corrected chi connectivity index (χ2v) is 6.26. The SMILES string of the molecule is O=C(CCCOc1ccc(Cl)cc1Cl)NNC(=O)c1ccccc1Cl. The maximum Gasteiger partial charge on any atom is 0.271 e. The number of carbonyl (C=O) groups is 2. The van der Waals surface area contributed by atoms with Crippen molar-refractivity contribution in [3.63, 3.8) is 0 Å². The van der Waals surface area contributed by atoms with E-state index in [0.717, 1.165) is 0 Å². The van der Waals surface area contributed by atoms with Gasteiger partial charge in [0.05, 0.1) is 22.2 Å². The lowest BCUT2D eigenvalue weighted by molar-refractivity contribution is -0.122. The average molecular weight is 402 g/mol. The Balaban J connectivity index is 1.69. The number of carbonyl (C=O) groups excluding carboxylic acids is 2.